The van der Waals surface area contributed by atoms with Crippen LogP contribution in [-0.2, 0) is 16.8 Å². The maximum absolute atomic E-state index is 5.77. The summed E-state index contributed by atoms with van der Waals surface area (Å²) in [6, 6.07) is 3.97. The Hall–Kier alpha value is -1.75. The predicted molar refractivity (Wildman–Crippen MR) is 78.7 cm³/mol. The van der Waals surface area contributed by atoms with Crippen molar-refractivity contribution in [3.8, 4) is 11.6 Å². The van der Waals surface area contributed by atoms with Crippen LogP contribution in [0.1, 0.15) is 50.4 Å². The maximum Gasteiger partial charge on any atom is 0.276 e. The van der Waals surface area contributed by atoms with Gasteiger partial charge in [0, 0.05) is 13.3 Å². The molecule has 1 saturated carbocycles. The third-order valence-electron chi connectivity index (χ3n) is 4.36. The molecule has 21 heavy (non-hydrogen) atoms. The van der Waals surface area contributed by atoms with Crippen LogP contribution in [0, 0.1) is 0 Å². The molecule has 0 bridgehead atoms. The van der Waals surface area contributed by atoms with Crippen LogP contribution < -0.4 is 0 Å². The minimum absolute atomic E-state index is 0.388. The van der Waals surface area contributed by atoms with Gasteiger partial charge in [0.25, 0.3) is 5.89 Å². The Kier molecular flexibility index (Phi) is 4.01. The molecule has 0 saturated heterocycles. The zero-order valence-corrected chi connectivity index (χ0v) is 12.6. The molecule has 5 heteroatoms. The van der Waals surface area contributed by atoms with Gasteiger partial charge in [0.2, 0.25) is 5.82 Å². The molecule has 0 spiro atoms. The molecule has 1 aliphatic carbocycles. The largest absolute Gasteiger partial charge is 0.370 e. The van der Waals surface area contributed by atoms with Gasteiger partial charge in [0.05, 0.1) is 0 Å². The van der Waals surface area contributed by atoms with E-state index in [4.69, 9.17) is 9.26 Å². The van der Waals surface area contributed by atoms with Crippen molar-refractivity contribution >= 4 is 0 Å². The first-order chi connectivity index (χ1) is 10.3. The van der Waals surface area contributed by atoms with Gasteiger partial charge in [0.1, 0.15) is 11.3 Å². The number of rotatable bonds is 4. The summed E-state index contributed by atoms with van der Waals surface area (Å²) in [6.07, 6.45) is 8.07. The van der Waals surface area contributed by atoms with Gasteiger partial charge in [-0.25, -0.2) is 0 Å². The van der Waals surface area contributed by atoms with Crippen molar-refractivity contribution in [2.45, 2.75) is 51.0 Å². The predicted octanol–water partition coefficient (Wildman–Crippen LogP) is 3.50. The summed E-state index contributed by atoms with van der Waals surface area (Å²) < 4.78 is 11.2. The van der Waals surface area contributed by atoms with Crippen LogP contribution in [0.5, 0.6) is 0 Å². The lowest BCUT2D eigenvalue weighted by Gasteiger charge is -2.32. The topological polar surface area (TPSA) is 61.0 Å². The van der Waals surface area contributed by atoms with Gasteiger partial charge >= 0.3 is 0 Å². The number of pyridine rings is 1. The highest BCUT2D eigenvalue weighted by molar-refractivity contribution is 5.52. The van der Waals surface area contributed by atoms with Crippen molar-refractivity contribution in [3.05, 3.63) is 29.7 Å². The Morgan fingerprint density at radius 1 is 1.29 bits per heavy atom. The van der Waals surface area contributed by atoms with Gasteiger partial charge in [0.15, 0.2) is 0 Å². The van der Waals surface area contributed by atoms with Crippen molar-refractivity contribution < 1.29 is 9.26 Å². The van der Waals surface area contributed by atoms with E-state index >= 15 is 0 Å². The third-order valence-corrected chi connectivity index (χ3v) is 4.36. The highest BCUT2D eigenvalue weighted by Gasteiger charge is 2.38. The molecule has 1 fully saturated rings. The third kappa shape index (κ3) is 2.58. The number of aromatic nitrogens is 3. The Morgan fingerprint density at radius 2 is 2.10 bits per heavy atom. The average molecular weight is 287 g/mol. The molecule has 2 aromatic heterocycles. The zero-order valence-electron chi connectivity index (χ0n) is 12.6. The summed E-state index contributed by atoms with van der Waals surface area (Å²) in [5.41, 5.74) is 1.50. The zero-order chi connectivity index (χ0) is 14.7. The first kappa shape index (κ1) is 14.2. The van der Waals surface area contributed by atoms with Crippen LogP contribution in [0.3, 0.4) is 0 Å². The molecule has 0 N–H and O–H groups in total. The Labute approximate surface area is 124 Å². The Balaban J connectivity index is 1.96. The van der Waals surface area contributed by atoms with Crippen LogP contribution in [-0.4, -0.2) is 22.2 Å². The fraction of sp³-hybridized carbons (Fsp3) is 0.562. The number of aryl methyl sites for hydroxylation is 1. The van der Waals surface area contributed by atoms with Crippen LogP contribution in [0.4, 0.5) is 0 Å². The molecule has 1 aliphatic rings. The number of hydrogen-bond donors (Lipinski definition) is 0. The SMILES string of the molecule is CCc1cccnc1-c1nc(C2(OC)CCCCC2)no1. The second-order valence-electron chi connectivity index (χ2n) is 5.55. The van der Waals surface area contributed by atoms with Gasteiger partial charge in [-0.3, -0.25) is 4.98 Å². The van der Waals surface area contributed by atoms with E-state index in [2.05, 4.69) is 22.0 Å². The van der Waals surface area contributed by atoms with Crippen molar-refractivity contribution in [1.29, 1.82) is 0 Å². The second kappa shape index (κ2) is 5.93. The van der Waals surface area contributed by atoms with Crippen molar-refractivity contribution in [2.75, 3.05) is 7.11 Å². The molecule has 3 rings (SSSR count). The van der Waals surface area contributed by atoms with E-state index in [1.165, 1.54) is 6.42 Å². The highest BCUT2D eigenvalue weighted by Crippen LogP contribution is 2.39. The molecule has 0 unspecified atom stereocenters. The molecule has 2 aromatic rings. The van der Waals surface area contributed by atoms with Crippen molar-refractivity contribution in [1.82, 2.24) is 15.1 Å². The fourth-order valence-electron chi connectivity index (χ4n) is 3.06. The van der Waals surface area contributed by atoms with Gasteiger partial charge in [-0.2, -0.15) is 4.98 Å². The first-order valence-corrected chi connectivity index (χ1v) is 7.62. The summed E-state index contributed by atoms with van der Waals surface area (Å²) in [5, 5.41) is 4.18. The van der Waals surface area contributed by atoms with E-state index in [-0.39, 0.29) is 5.60 Å². The molecule has 0 atom stereocenters. The monoisotopic (exact) mass is 287 g/mol. The van der Waals surface area contributed by atoms with Gasteiger partial charge in [-0.05, 0) is 30.9 Å². The normalized spacial score (nSPS) is 17.8. The van der Waals surface area contributed by atoms with Gasteiger partial charge in [-0.15, -0.1) is 0 Å². The molecule has 112 valence electrons. The first-order valence-electron chi connectivity index (χ1n) is 7.62. The van der Waals surface area contributed by atoms with Crippen molar-refractivity contribution in [2.24, 2.45) is 0 Å². The lowest BCUT2D eigenvalue weighted by Crippen LogP contribution is -2.32. The standard InChI is InChI=1S/C16H21N3O2/c1-3-12-8-7-11-17-13(12)14-18-15(19-21-14)16(20-2)9-5-4-6-10-16/h7-8,11H,3-6,9-10H2,1-2H3. The number of ether oxygens (including phenoxy) is 1. The van der Waals surface area contributed by atoms with Gasteiger partial charge < -0.3 is 9.26 Å². The highest BCUT2D eigenvalue weighted by atomic mass is 16.5. The van der Waals surface area contributed by atoms with Crippen molar-refractivity contribution in [3.63, 3.8) is 0 Å². The van der Waals surface area contributed by atoms with E-state index in [0.717, 1.165) is 43.4 Å². The lowest BCUT2D eigenvalue weighted by atomic mass is 9.84. The molecule has 0 aromatic carbocycles. The summed E-state index contributed by atoms with van der Waals surface area (Å²) in [5.74, 6) is 1.15. The van der Waals surface area contributed by atoms with E-state index in [1.54, 1.807) is 13.3 Å². The number of methoxy groups -OCH3 is 1. The molecule has 0 aliphatic heterocycles. The Bertz CT molecular complexity index is 603. The van der Waals surface area contributed by atoms with Crippen LogP contribution in [0.2, 0.25) is 0 Å². The summed E-state index contributed by atoms with van der Waals surface area (Å²) in [4.78, 5) is 8.98. The maximum atomic E-state index is 5.77. The summed E-state index contributed by atoms with van der Waals surface area (Å²) in [6.45, 7) is 2.09. The molecular weight excluding hydrogens is 266 g/mol. The van der Waals surface area contributed by atoms with Crippen LogP contribution >= 0.6 is 0 Å². The fourth-order valence-corrected chi connectivity index (χ4v) is 3.06. The van der Waals surface area contributed by atoms with E-state index in [0.29, 0.717) is 11.7 Å². The molecule has 0 amide bonds. The minimum atomic E-state index is -0.388. The molecule has 5 nitrogen and oxygen atoms in total. The lowest BCUT2D eigenvalue weighted by molar-refractivity contribution is -0.0527. The van der Waals surface area contributed by atoms with Crippen LogP contribution in [0.25, 0.3) is 11.6 Å². The second-order valence-corrected chi connectivity index (χ2v) is 5.55. The minimum Gasteiger partial charge on any atom is -0.370 e. The van der Waals surface area contributed by atoms with Gasteiger partial charge in [-0.1, -0.05) is 37.4 Å². The van der Waals surface area contributed by atoms with Crippen LogP contribution in [0.15, 0.2) is 22.9 Å². The van der Waals surface area contributed by atoms with E-state index < -0.39 is 0 Å². The summed E-state index contributed by atoms with van der Waals surface area (Å²) in [7, 11) is 1.74. The summed E-state index contributed by atoms with van der Waals surface area (Å²) >= 11 is 0. The Morgan fingerprint density at radius 3 is 2.81 bits per heavy atom. The molecule has 2 heterocycles. The number of hydrogen-bond acceptors (Lipinski definition) is 5. The number of nitrogens with zero attached hydrogens (tertiary/aromatic N) is 3. The molecular formula is C16H21N3O2. The van der Waals surface area contributed by atoms with E-state index in [1.807, 2.05) is 12.1 Å². The smallest absolute Gasteiger partial charge is 0.276 e. The molecule has 0 radical (unpaired) electrons. The average Bonchev–Trinajstić information content (AvgIpc) is 3.06. The van der Waals surface area contributed by atoms with E-state index in [9.17, 15) is 0 Å². The quantitative estimate of drug-likeness (QED) is 0.861.